The maximum absolute atomic E-state index is 5.70. The molecular weight excluding hydrogens is 230 g/mol. The van der Waals surface area contributed by atoms with Crippen LogP contribution in [0.3, 0.4) is 0 Å². The van der Waals surface area contributed by atoms with E-state index in [9.17, 15) is 0 Å². The zero-order valence-electron chi connectivity index (χ0n) is 8.83. The monoisotopic (exact) mass is 245 g/mol. The summed E-state index contributed by atoms with van der Waals surface area (Å²) in [4.78, 5) is 0. The third-order valence-corrected chi connectivity index (χ3v) is 4.02. The number of hydrogen-bond donors (Lipinski definition) is 1. The summed E-state index contributed by atoms with van der Waals surface area (Å²) in [6, 6.07) is 4.41. The van der Waals surface area contributed by atoms with Gasteiger partial charge in [-0.15, -0.1) is 0 Å². The molecule has 1 aromatic rings. The molecule has 1 aliphatic rings. The van der Waals surface area contributed by atoms with Gasteiger partial charge in [-0.3, -0.25) is 0 Å². The van der Waals surface area contributed by atoms with Crippen molar-refractivity contribution in [1.29, 1.82) is 0 Å². The van der Waals surface area contributed by atoms with Gasteiger partial charge in [0.1, 0.15) is 5.76 Å². The summed E-state index contributed by atoms with van der Waals surface area (Å²) in [6.07, 6.45) is 2.78. The molecule has 0 aliphatic heterocycles. The van der Waals surface area contributed by atoms with Gasteiger partial charge in [-0.2, -0.15) is 11.8 Å². The fraction of sp³-hybridized carbons (Fsp3) is 0.636. The highest BCUT2D eigenvalue weighted by Gasteiger charge is 2.29. The quantitative estimate of drug-likeness (QED) is 0.834. The van der Waals surface area contributed by atoms with Crippen LogP contribution in [0.1, 0.15) is 18.6 Å². The fourth-order valence-electron chi connectivity index (χ4n) is 1.67. The Balaban J connectivity index is 1.69. The molecule has 1 fully saturated rings. The molecule has 0 bridgehead atoms. The van der Waals surface area contributed by atoms with Crippen LogP contribution in [0, 0.1) is 5.92 Å². The van der Waals surface area contributed by atoms with Gasteiger partial charge in [0, 0.05) is 11.8 Å². The van der Waals surface area contributed by atoms with Crippen molar-refractivity contribution in [2.75, 3.05) is 12.8 Å². The Morgan fingerprint density at radius 3 is 2.93 bits per heavy atom. The molecule has 2 rings (SSSR count). The number of nitrogens with one attached hydrogen (secondary N) is 1. The Morgan fingerprint density at radius 1 is 1.60 bits per heavy atom. The average molecular weight is 246 g/mol. The Labute approximate surface area is 99.8 Å². The topological polar surface area (TPSA) is 25.2 Å². The number of furan rings is 1. The van der Waals surface area contributed by atoms with Crippen LogP contribution in [0.25, 0.3) is 0 Å². The molecule has 1 saturated carbocycles. The van der Waals surface area contributed by atoms with E-state index >= 15 is 0 Å². The smallest absolute Gasteiger partial charge is 0.193 e. The van der Waals surface area contributed by atoms with Gasteiger partial charge in [-0.05, 0) is 49.5 Å². The van der Waals surface area contributed by atoms with E-state index in [-0.39, 0.29) is 0 Å². The van der Waals surface area contributed by atoms with Gasteiger partial charge >= 0.3 is 0 Å². The molecule has 1 unspecified atom stereocenters. The molecule has 84 valence electrons. The molecule has 1 N–H and O–H groups in total. The van der Waals surface area contributed by atoms with Gasteiger partial charge in [0.15, 0.2) is 5.22 Å². The van der Waals surface area contributed by atoms with Gasteiger partial charge in [0.2, 0.25) is 0 Å². The van der Waals surface area contributed by atoms with Crippen molar-refractivity contribution in [3.05, 3.63) is 23.1 Å². The van der Waals surface area contributed by atoms with E-state index in [0.29, 0.717) is 11.3 Å². The molecule has 0 spiro atoms. The molecule has 1 atom stereocenters. The number of hydrogen-bond acceptors (Lipinski definition) is 3. The standard InChI is InChI=1S/C11H16ClNOS/c1-13-10(8-2-3-8)7-15-6-9-4-5-11(12)14-9/h4-5,8,10,13H,2-3,6-7H2,1H3. The average Bonchev–Trinajstić information content (AvgIpc) is 2.98. The Kier molecular flexibility index (Phi) is 4.00. The first-order valence-electron chi connectivity index (χ1n) is 5.29. The molecule has 15 heavy (non-hydrogen) atoms. The highest BCUT2D eigenvalue weighted by atomic mass is 35.5. The van der Waals surface area contributed by atoms with Gasteiger partial charge in [0.05, 0.1) is 5.75 Å². The minimum Gasteiger partial charge on any atom is -0.449 e. The van der Waals surface area contributed by atoms with Crippen molar-refractivity contribution < 1.29 is 4.42 Å². The molecule has 2 nitrogen and oxygen atoms in total. The lowest BCUT2D eigenvalue weighted by Crippen LogP contribution is -2.29. The molecule has 0 saturated heterocycles. The second-order valence-corrected chi connectivity index (χ2v) is 5.36. The van der Waals surface area contributed by atoms with E-state index in [2.05, 4.69) is 5.32 Å². The molecule has 1 heterocycles. The minimum atomic E-state index is 0.484. The lowest BCUT2D eigenvalue weighted by atomic mass is 10.2. The van der Waals surface area contributed by atoms with Crippen LogP contribution in [-0.2, 0) is 5.75 Å². The van der Waals surface area contributed by atoms with Crippen LogP contribution in [-0.4, -0.2) is 18.8 Å². The molecule has 0 aromatic carbocycles. The van der Waals surface area contributed by atoms with Crippen LogP contribution in [0.2, 0.25) is 5.22 Å². The molecule has 0 amide bonds. The van der Waals surface area contributed by atoms with Crippen LogP contribution in [0.15, 0.2) is 16.5 Å². The maximum Gasteiger partial charge on any atom is 0.193 e. The second-order valence-electron chi connectivity index (χ2n) is 3.95. The lowest BCUT2D eigenvalue weighted by Gasteiger charge is -2.13. The van der Waals surface area contributed by atoms with Crippen molar-refractivity contribution >= 4 is 23.4 Å². The Morgan fingerprint density at radius 2 is 2.40 bits per heavy atom. The van der Waals surface area contributed by atoms with E-state index < -0.39 is 0 Å². The van der Waals surface area contributed by atoms with Crippen LogP contribution in [0.4, 0.5) is 0 Å². The van der Waals surface area contributed by atoms with E-state index in [1.165, 1.54) is 12.8 Å². The molecule has 1 aromatic heterocycles. The number of thioether (sulfide) groups is 1. The van der Waals surface area contributed by atoms with Crippen molar-refractivity contribution in [3.8, 4) is 0 Å². The summed E-state index contributed by atoms with van der Waals surface area (Å²) >= 11 is 7.61. The maximum atomic E-state index is 5.70. The third-order valence-electron chi connectivity index (χ3n) is 2.73. The largest absolute Gasteiger partial charge is 0.449 e. The SMILES string of the molecule is CNC(CSCc1ccc(Cl)o1)C1CC1. The highest BCUT2D eigenvalue weighted by Crippen LogP contribution is 2.34. The molecule has 1 aliphatic carbocycles. The Bertz CT molecular complexity index is 311. The van der Waals surface area contributed by atoms with Gasteiger partial charge in [-0.1, -0.05) is 0 Å². The van der Waals surface area contributed by atoms with E-state index in [1.54, 1.807) is 6.07 Å². The zero-order chi connectivity index (χ0) is 10.7. The van der Waals surface area contributed by atoms with Crippen molar-refractivity contribution in [3.63, 3.8) is 0 Å². The highest BCUT2D eigenvalue weighted by molar-refractivity contribution is 7.98. The molecule has 0 radical (unpaired) electrons. The fourth-order valence-corrected chi connectivity index (χ4v) is 3.00. The van der Waals surface area contributed by atoms with Crippen molar-refractivity contribution in [2.45, 2.75) is 24.6 Å². The predicted octanol–water partition coefficient (Wildman–Crippen LogP) is 3.16. The first-order valence-corrected chi connectivity index (χ1v) is 6.82. The van der Waals surface area contributed by atoms with Gasteiger partial charge in [-0.25, -0.2) is 0 Å². The van der Waals surface area contributed by atoms with Crippen LogP contribution >= 0.6 is 23.4 Å². The normalized spacial score (nSPS) is 18.0. The summed E-state index contributed by atoms with van der Waals surface area (Å²) in [5.74, 6) is 3.94. The Hall–Kier alpha value is -0.120. The molecule has 4 heteroatoms. The first kappa shape index (κ1) is 11.4. The van der Waals surface area contributed by atoms with E-state index in [4.69, 9.17) is 16.0 Å². The van der Waals surface area contributed by atoms with Crippen LogP contribution < -0.4 is 5.32 Å². The number of rotatable bonds is 6. The van der Waals surface area contributed by atoms with Crippen molar-refractivity contribution in [1.82, 2.24) is 5.32 Å². The lowest BCUT2D eigenvalue weighted by molar-refractivity contribution is 0.530. The molecular formula is C11H16ClNOS. The number of halogens is 1. The summed E-state index contributed by atoms with van der Waals surface area (Å²) in [5.41, 5.74) is 0. The van der Waals surface area contributed by atoms with E-state index in [0.717, 1.165) is 23.2 Å². The summed E-state index contributed by atoms with van der Waals surface area (Å²) in [7, 11) is 2.05. The third kappa shape index (κ3) is 3.44. The first-order chi connectivity index (χ1) is 7.29. The summed E-state index contributed by atoms with van der Waals surface area (Å²) in [6.45, 7) is 0. The summed E-state index contributed by atoms with van der Waals surface area (Å²) in [5, 5.41) is 3.86. The summed E-state index contributed by atoms with van der Waals surface area (Å²) < 4.78 is 5.30. The minimum absolute atomic E-state index is 0.484. The van der Waals surface area contributed by atoms with Gasteiger partial charge < -0.3 is 9.73 Å². The van der Waals surface area contributed by atoms with Crippen LogP contribution in [0.5, 0.6) is 0 Å². The van der Waals surface area contributed by atoms with E-state index in [1.807, 2.05) is 24.9 Å². The van der Waals surface area contributed by atoms with Crippen molar-refractivity contribution in [2.24, 2.45) is 5.92 Å². The second kappa shape index (κ2) is 5.28. The van der Waals surface area contributed by atoms with Gasteiger partial charge in [0.25, 0.3) is 0 Å². The predicted molar refractivity (Wildman–Crippen MR) is 65.5 cm³/mol. The zero-order valence-corrected chi connectivity index (χ0v) is 10.4.